The second-order valence-electron chi connectivity index (χ2n) is 14.6. The fraction of sp³-hybridized carbons (Fsp3) is 0.359. The van der Waals surface area contributed by atoms with E-state index in [0.717, 1.165) is 54.6 Å². The second-order valence-corrected chi connectivity index (χ2v) is 14.6. The number of amides is 3. The van der Waals surface area contributed by atoms with Crippen LogP contribution in [0.3, 0.4) is 0 Å². The highest BCUT2D eigenvalue weighted by Crippen LogP contribution is 2.42. The van der Waals surface area contributed by atoms with E-state index in [1.807, 2.05) is 60.4 Å². The zero-order chi connectivity index (χ0) is 35.2. The summed E-state index contributed by atoms with van der Waals surface area (Å²) >= 11 is 0. The van der Waals surface area contributed by atoms with Crippen molar-refractivity contribution in [1.82, 2.24) is 14.7 Å². The molecule has 3 amide bonds. The topological polar surface area (TPSA) is 97.7 Å². The van der Waals surface area contributed by atoms with E-state index in [1.54, 1.807) is 16.8 Å². The van der Waals surface area contributed by atoms with Gasteiger partial charge in [-0.1, -0.05) is 56.7 Å². The van der Waals surface area contributed by atoms with Gasteiger partial charge in [0.1, 0.15) is 5.82 Å². The molecule has 11 heteroatoms. The zero-order valence-corrected chi connectivity index (χ0v) is 28.6. The number of carbonyl (C=O) groups excluding carboxylic acids is 2. The molecule has 0 spiro atoms. The van der Waals surface area contributed by atoms with Crippen LogP contribution < -0.4 is 20.1 Å². The summed E-state index contributed by atoms with van der Waals surface area (Å²) < 4.78 is 37.5. The van der Waals surface area contributed by atoms with Crippen molar-refractivity contribution >= 4 is 29.5 Å². The molecule has 50 heavy (non-hydrogen) atoms. The van der Waals surface area contributed by atoms with Gasteiger partial charge in [0, 0.05) is 35.3 Å². The maximum absolute atomic E-state index is 13.4. The molecule has 0 aliphatic carbocycles. The minimum atomic E-state index is -3.68. The molecule has 0 saturated carbocycles. The standard InChI is InChI=1S/C39H41F2N5O4/c1-24-8-12-29(13-9-24)46-35(23-34(44-46)38(2,3)4)43-37(48)42-28-7-5-6-26(19-28)18-27-20-30-14-15-31(21-27)45(30)36(47)17-11-25-10-16-32-33(22-25)50-39(40,41)49-32/h5-13,16-17,19,22-23,27,30-31H,14-15,18,20-21H2,1-4H3,(H2,42,43,48). The number of nitrogens with zero attached hydrogens (tertiary/aromatic N) is 3. The number of fused-ring (bicyclic) bond motifs is 3. The number of halogens is 2. The molecule has 7 rings (SSSR count). The Balaban J connectivity index is 0.965. The summed E-state index contributed by atoms with van der Waals surface area (Å²) in [5.74, 6) is 0.833. The van der Waals surface area contributed by atoms with Crippen LogP contribution in [0.2, 0.25) is 0 Å². The number of rotatable bonds is 7. The molecular formula is C39H41F2N5O4. The summed E-state index contributed by atoms with van der Waals surface area (Å²) in [6.45, 7) is 8.30. The van der Waals surface area contributed by atoms with E-state index in [1.165, 1.54) is 18.2 Å². The molecule has 4 heterocycles. The van der Waals surface area contributed by atoms with Gasteiger partial charge in [0.15, 0.2) is 11.5 Å². The van der Waals surface area contributed by atoms with Crippen LogP contribution in [0.5, 0.6) is 11.5 Å². The third-order valence-electron chi connectivity index (χ3n) is 9.64. The minimum Gasteiger partial charge on any atom is -0.395 e. The predicted molar refractivity (Wildman–Crippen MR) is 188 cm³/mol. The molecular weight excluding hydrogens is 640 g/mol. The van der Waals surface area contributed by atoms with Crippen LogP contribution in [0.1, 0.15) is 68.8 Å². The van der Waals surface area contributed by atoms with Gasteiger partial charge in [-0.25, -0.2) is 9.48 Å². The molecule has 3 aromatic carbocycles. The number of piperidine rings is 1. The van der Waals surface area contributed by atoms with Crippen molar-refractivity contribution in [1.29, 1.82) is 0 Å². The largest absolute Gasteiger partial charge is 0.586 e. The molecule has 260 valence electrons. The molecule has 0 radical (unpaired) electrons. The molecule has 9 nitrogen and oxygen atoms in total. The molecule has 4 aromatic rings. The van der Waals surface area contributed by atoms with Gasteiger partial charge in [0.05, 0.1) is 11.4 Å². The summed E-state index contributed by atoms with van der Waals surface area (Å²) in [6.07, 6.45) is 4.01. The molecule has 2 atom stereocenters. The number of carbonyl (C=O) groups is 2. The van der Waals surface area contributed by atoms with Crippen molar-refractivity contribution < 1.29 is 27.8 Å². The Bertz CT molecular complexity index is 1930. The Morgan fingerprint density at radius 3 is 2.38 bits per heavy atom. The van der Waals surface area contributed by atoms with Gasteiger partial charge in [-0.3, -0.25) is 10.1 Å². The van der Waals surface area contributed by atoms with Crippen LogP contribution in [0.15, 0.2) is 78.9 Å². The molecule has 3 aliphatic heterocycles. The lowest BCUT2D eigenvalue weighted by Crippen LogP contribution is -2.46. The summed E-state index contributed by atoms with van der Waals surface area (Å²) in [5.41, 5.74) is 5.07. The van der Waals surface area contributed by atoms with Crippen molar-refractivity contribution in [2.45, 2.75) is 83.6 Å². The van der Waals surface area contributed by atoms with Crippen molar-refractivity contribution in [3.05, 3.63) is 101 Å². The normalized spacial score (nSPS) is 20.7. The van der Waals surface area contributed by atoms with E-state index in [9.17, 15) is 18.4 Å². The van der Waals surface area contributed by atoms with E-state index in [0.29, 0.717) is 23.0 Å². The molecule has 2 bridgehead atoms. The number of aromatic nitrogens is 2. The zero-order valence-electron chi connectivity index (χ0n) is 28.6. The van der Waals surface area contributed by atoms with E-state index in [2.05, 4.69) is 46.9 Å². The van der Waals surface area contributed by atoms with E-state index >= 15 is 0 Å². The summed E-state index contributed by atoms with van der Waals surface area (Å²) in [5, 5.41) is 10.8. The number of aryl methyl sites for hydroxylation is 1. The minimum absolute atomic E-state index is 0.0278. The van der Waals surface area contributed by atoms with Crippen molar-refractivity contribution in [2.24, 2.45) is 5.92 Å². The summed E-state index contributed by atoms with van der Waals surface area (Å²) in [6, 6.07) is 22.3. The van der Waals surface area contributed by atoms with E-state index in [-0.39, 0.29) is 40.9 Å². The first kappa shape index (κ1) is 33.3. The van der Waals surface area contributed by atoms with Gasteiger partial charge in [0.2, 0.25) is 5.91 Å². The lowest BCUT2D eigenvalue weighted by Gasteiger charge is -2.38. The Kier molecular flexibility index (Phi) is 8.61. The van der Waals surface area contributed by atoms with Crippen LogP contribution in [-0.2, 0) is 16.6 Å². The highest BCUT2D eigenvalue weighted by atomic mass is 19.3. The first-order valence-corrected chi connectivity index (χ1v) is 17.0. The Hall–Kier alpha value is -5.19. The number of urea groups is 1. The highest BCUT2D eigenvalue weighted by Gasteiger charge is 2.44. The van der Waals surface area contributed by atoms with E-state index in [4.69, 9.17) is 5.10 Å². The summed E-state index contributed by atoms with van der Waals surface area (Å²) in [7, 11) is 0. The quantitative estimate of drug-likeness (QED) is 0.191. The predicted octanol–water partition coefficient (Wildman–Crippen LogP) is 8.47. The van der Waals surface area contributed by atoms with Crippen molar-refractivity contribution in [3.8, 4) is 17.2 Å². The number of hydrogen-bond acceptors (Lipinski definition) is 5. The van der Waals surface area contributed by atoms with Crippen molar-refractivity contribution in [2.75, 3.05) is 10.6 Å². The number of hydrogen-bond donors (Lipinski definition) is 2. The lowest BCUT2D eigenvalue weighted by atomic mass is 9.85. The summed E-state index contributed by atoms with van der Waals surface area (Å²) in [4.78, 5) is 28.5. The second kappa shape index (κ2) is 12.9. The van der Waals surface area contributed by atoms with Gasteiger partial charge >= 0.3 is 12.3 Å². The van der Waals surface area contributed by atoms with Gasteiger partial charge in [-0.05, 0) is 98.5 Å². The Labute approximate surface area is 290 Å². The van der Waals surface area contributed by atoms with Gasteiger partial charge in [-0.15, -0.1) is 8.78 Å². The molecule has 2 N–H and O–H groups in total. The fourth-order valence-electron chi connectivity index (χ4n) is 7.25. The number of alkyl halides is 2. The van der Waals surface area contributed by atoms with Crippen LogP contribution >= 0.6 is 0 Å². The number of benzene rings is 3. The van der Waals surface area contributed by atoms with Crippen LogP contribution in [0, 0.1) is 12.8 Å². The monoisotopic (exact) mass is 681 g/mol. The fourth-order valence-corrected chi connectivity index (χ4v) is 7.25. The van der Waals surface area contributed by atoms with Gasteiger partial charge < -0.3 is 19.7 Å². The van der Waals surface area contributed by atoms with Crippen LogP contribution in [-0.4, -0.2) is 45.0 Å². The number of anilines is 2. The van der Waals surface area contributed by atoms with Crippen LogP contribution in [0.4, 0.5) is 25.1 Å². The SMILES string of the molecule is Cc1ccc(-n2nc(C(C)(C)C)cc2NC(=O)Nc2cccc(CC3CC4CCC(C3)N4C(=O)C=Cc3ccc4c(c3)OC(F)(F)O4)c2)cc1. The third kappa shape index (κ3) is 7.22. The average molecular weight is 682 g/mol. The van der Waals surface area contributed by atoms with E-state index < -0.39 is 6.29 Å². The maximum atomic E-state index is 13.4. The Morgan fingerprint density at radius 1 is 0.940 bits per heavy atom. The van der Waals surface area contributed by atoms with Crippen LogP contribution in [0.25, 0.3) is 11.8 Å². The first-order valence-electron chi connectivity index (χ1n) is 17.0. The molecule has 1 aromatic heterocycles. The maximum Gasteiger partial charge on any atom is 0.586 e. The highest BCUT2D eigenvalue weighted by molar-refractivity contribution is 5.99. The Morgan fingerprint density at radius 2 is 1.66 bits per heavy atom. The molecule has 3 aliphatic rings. The lowest BCUT2D eigenvalue weighted by molar-refractivity contribution is -0.286. The number of nitrogens with one attached hydrogen (secondary N) is 2. The smallest absolute Gasteiger partial charge is 0.395 e. The number of ether oxygens (including phenoxy) is 2. The van der Waals surface area contributed by atoms with Gasteiger partial charge in [0.25, 0.3) is 0 Å². The third-order valence-corrected chi connectivity index (χ3v) is 9.64. The molecule has 2 fully saturated rings. The molecule has 2 saturated heterocycles. The van der Waals surface area contributed by atoms with Crippen molar-refractivity contribution in [3.63, 3.8) is 0 Å². The molecule has 2 unspecified atom stereocenters. The first-order chi connectivity index (χ1) is 23.8. The average Bonchev–Trinajstić information content (AvgIpc) is 3.70. The van der Waals surface area contributed by atoms with Gasteiger partial charge in [-0.2, -0.15) is 5.10 Å².